The highest BCUT2D eigenvalue weighted by molar-refractivity contribution is 6.25. The number of aromatic nitrogens is 3. The summed E-state index contributed by atoms with van der Waals surface area (Å²) in [7, 11) is 0. The van der Waals surface area contributed by atoms with Gasteiger partial charge in [-0.15, -0.1) is 0 Å². The van der Waals surface area contributed by atoms with Gasteiger partial charge in [0.1, 0.15) is 0 Å². The summed E-state index contributed by atoms with van der Waals surface area (Å²) in [6, 6.07) is 7.42. The predicted octanol–water partition coefficient (Wildman–Crippen LogP) is 14.0. The van der Waals surface area contributed by atoms with Crippen molar-refractivity contribution in [2.45, 2.75) is 19.3 Å². The van der Waals surface area contributed by atoms with Crippen molar-refractivity contribution in [2.24, 2.45) is 0 Å². The fraction of sp³-hybridized carbons (Fsp3) is 0.0556. The number of hydrogen-bond acceptors (Lipinski definition) is 3. The monoisotopic (exact) mass is 746 g/mol. The second-order valence-electron chi connectivity index (χ2n) is 14.1. The molecule has 0 N–H and O–H groups in total. The lowest BCUT2D eigenvalue weighted by atomic mass is 9.82. The van der Waals surface area contributed by atoms with Gasteiger partial charge in [0.05, 0.1) is 26.0 Å². The summed E-state index contributed by atoms with van der Waals surface area (Å²) in [5, 5.41) is -2.67. The molecule has 11 rings (SSSR count). The van der Waals surface area contributed by atoms with E-state index in [9.17, 15) is 12.3 Å². The highest BCUT2D eigenvalue weighted by Crippen LogP contribution is 2.49. The van der Waals surface area contributed by atoms with Crippen molar-refractivity contribution in [1.82, 2.24) is 15.0 Å². The zero-order valence-electron chi connectivity index (χ0n) is 49.3. The lowest BCUT2D eigenvalue weighted by molar-refractivity contribution is 0.660. The summed E-state index contributed by atoms with van der Waals surface area (Å²) in [5.41, 5.74) is 1.69. The Hall–Kier alpha value is -7.23. The quantitative estimate of drug-likeness (QED) is 0.165. The molecule has 10 aromatic rings. The Labute approximate surface area is 358 Å². The summed E-state index contributed by atoms with van der Waals surface area (Å²) >= 11 is 0. The lowest BCUT2D eigenvalue weighted by Gasteiger charge is -2.21. The number of benzene rings is 9. The minimum absolute atomic E-state index is 0.122. The summed E-state index contributed by atoms with van der Waals surface area (Å²) in [6.07, 6.45) is 0. The van der Waals surface area contributed by atoms with Gasteiger partial charge in [-0.05, 0) is 101 Å². The van der Waals surface area contributed by atoms with Gasteiger partial charge in [0, 0.05) is 22.1 Å². The van der Waals surface area contributed by atoms with Gasteiger partial charge in [0.15, 0.2) is 17.5 Å². The topological polar surface area (TPSA) is 38.7 Å². The van der Waals surface area contributed by atoms with Crippen LogP contribution in [-0.2, 0) is 5.41 Å². The van der Waals surface area contributed by atoms with Crippen LogP contribution >= 0.6 is 0 Å². The molecular weight excluding hydrogens is 691 g/mol. The van der Waals surface area contributed by atoms with E-state index >= 15 is 0 Å². The Bertz CT molecular complexity index is 4270. The third-order valence-electron chi connectivity index (χ3n) is 10.4. The van der Waals surface area contributed by atoms with Gasteiger partial charge in [0.25, 0.3) is 0 Å². The minimum atomic E-state index is -0.928. The Morgan fingerprint density at radius 3 is 1.53 bits per heavy atom. The van der Waals surface area contributed by atoms with Gasteiger partial charge in [-0.1, -0.05) is 177 Å². The van der Waals surface area contributed by atoms with Crippen LogP contribution in [0.3, 0.4) is 0 Å². The van der Waals surface area contributed by atoms with Crippen molar-refractivity contribution < 1.29 is 26.0 Å². The van der Waals surface area contributed by atoms with Gasteiger partial charge in [-0.25, -0.2) is 15.0 Å². The van der Waals surface area contributed by atoms with E-state index in [1.807, 2.05) is 30.3 Å². The Morgan fingerprint density at radius 2 is 0.860 bits per heavy atom. The number of hydrogen-bond donors (Lipinski definition) is 0. The molecule has 3 heteroatoms. The molecule has 0 aliphatic heterocycles. The maximum absolute atomic E-state index is 9.78. The zero-order chi connectivity index (χ0) is 54.6. The van der Waals surface area contributed by atoms with E-state index in [-0.39, 0.29) is 17.5 Å². The molecule has 0 amide bonds. The van der Waals surface area contributed by atoms with Crippen molar-refractivity contribution in [2.75, 3.05) is 0 Å². The molecule has 0 radical (unpaired) electrons. The second-order valence-corrected chi connectivity index (χ2v) is 14.1. The molecule has 0 fully saturated rings. The first kappa shape index (κ1) is 19.1. The SMILES string of the molecule is [2H]c1c([2H])c(-c2nc(-c3ccccc3)nc(-c3ccc4c(c3)C(C)(C)c3ccccc3-4)n2)c([2H])c(-c2c([2H])c([2H])c([2H])c(-c3c([2H])c([2H])c4c5c([2H])c([2H])c([2H])c([2H])c5c5c([2H])c([2H])c([2H])c([2H])c5c4c3[2H])c2[2H])c1[2H]. The largest absolute Gasteiger partial charge is 0.208 e. The predicted molar refractivity (Wildman–Crippen MR) is 237 cm³/mol. The van der Waals surface area contributed by atoms with E-state index < -0.39 is 180 Å². The number of rotatable bonds is 5. The van der Waals surface area contributed by atoms with Gasteiger partial charge in [0.2, 0.25) is 0 Å². The average molecular weight is 747 g/mol. The molecule has 0 atom stereocenters. The van der Waals surface area contributed by atoms with Gasteiger partial charge >= 0.3 is 0 Å². The summed E-state index contributed by atoms with van der Waals surface area (Å²) < 4.78 is 173. The van der Waals surface area contributed by atoms with E-state index in [0.717, 1.165) is 22.3 Å². The first-order valence-electron chi connectivity index (χ1n) is 27.6. The van der Waals surface area contributed by atoms with Crippen molar-refractivity contribution in [3.8, 4) is 67.5 Å². The summed E-state index contributed by atoms with van der Waals surface area (Å²) in [4.78, 5) is 14.4. The van der Waals surface area contributed by atoms with Gasteiger partial charge in [-0.3, -0.25) is 0 Å². The Kier molecular flexibility index (Phi) is 4.33. The van der Waals surface area contributed by atoms with E-state index in [2.05, 4.69) is 26.0 Å². The first-order chi connectivity index (χ1) is 35.9. The normalized spacial score (nSPS) is 17.5. The molecule has 3 nitrogen and oxygen atoms in total. The molecule has 1 aliphatic carbocycles. The van der Waals surface area contributed by atoms with Crippen LogP contribution in [0.5, 0.6) is 0 Å². The Morgan fingerprint density at radius 1 is 0.368 bits per heavy atom. The standard InChI is InChI=1S/C54H37N3/c1-54(2)49-25-11-10-24-46(49)47-29-27-40(33-50(47)54)53-56-51(34-14-4-3-5-15-34)55-52(57-53)39-19-13-18-37(31-39)35-16-12-17-36(30-35)38-26-28-45-43-22-7-6-20-41(43)42-21-8-9-23-44(42)48(45)32-38/h3-33H,1-2H3/i6D,7D,8D,9D,12D,13D,16D,17D,18D,19D,20D,21D,22D,23D,26D,28D,30D,31D,32D. The molecule has 268 valence electrons. The summed E-state index contributed by atoms with van der Waals surface area (Å²) in [5.74, 6) is -0.0301. The molecule has 57 heavy (non-hydrogen) atoms. The van der Waals surface area contributed by atoms with Gasteiger partial charge < -0.3 is 0 Å². The second kappa shape index (κ2) is 12.9. The molecule has 0 saturated carbocycles. The molecule has 9 aromatic carbocycles. The lowest BCUT2D eigenvalue weighted by Crippen LogP contribution is -2.15. The molecule has 1 aliphatic rings. The van der Waals surface area contributed by atoms with Crippen LogP contribution in [0, 0.1) is 0 Å². The van der Waals surface area contributed by atoms with Crippen LogP contribution in [0.25, 0.3) is 99.9 Å². The third kappa shape index (κ3) is 5.46. The van der Waals surface area contributed by atoms with Crippen LogP contribution in [-0.4, -0.2) is 15.0 Å². The maximum atomic E-state index is 9.78. The van der Waals surface area contributed by atoms with Gasteiger partial charge in [-0.2, -0.15) is 0 Å². The fourth-order valence-corrected chi connectivity index (χ4v) is 7.63. The highest BCUT2D eigenvalue weighted by Gasteiger charge is 2.35. The summed E-state index contributed by atoms with van der Waals surface area (Å²) in [6.45, 7) is 4.22. The highest BCUT2D eigenvalue weighted by atomic mass is 15.0. The van der Waals surface area contributed by atoms with E-state index in [1.165, 1.54) is 0 Å². The van der Waals surface area contributed by atoms with E-state index in [1.54, 1.807) is 30.3 Å². The van der Waals surface area contributed by atoms with Crippen LogP contribution in [0.1, 0.15) is 51.0 Å². The molecule has 1 heterocycles. The molecule has 0 bridgehead atoms. The van der Waals surface area contributed by atoms with E-state index in [0.29, 0.717) is 11.1 Å². The molecular formula is C54H37N3. The number of fused-ring (bicyclic) bond motifs is 9. The molecule has 1 aromatic heterocycles. The van der Waals surface area contributed by atoms with Crippen molar-refractivity contribution in [1.29, 1.82) is 0 Å². The first-order valence-corrected chi connectivity index (χ1v) is 18.1. The smallest absolute Gasteiger partial charge is 0.164 e. The van der Waals surface area contributed by atoms with Crippen molar-refractivity contribution in [3.63, 3.8) is 0 Å². The minimum Gasteiger partial charge on any atom is -0.208 e. The van der Waals surface area contributed by atoms with Crippen LogP contribution in [0.4, 0.5) is 0 Å². The maximum Gasteiger partial charge on any atom is 0.164 e. The van der Waals surface area contributed by atoms with E-state index in [4.69, 9.17) is 28.7 Å². The molecule has 0 spiro atoms. The van der Waals surface area contributed by atoms with Crippen molar-refractivity contribution >= 4 is 32.3 Å². The third-order valence-corrected chi connectivity index (χ3v) is 10.4. The average Bonchev–Trinajstić information content (AvgIpc) is 3.76. The van der Waals surface area contributed by atoms with Crippen LogP contribution in [0.2, 0.25) is 0 Å². The zero-order valence-corrected chi connectivity index (χ0v) is 30.3. The van der Waals surface area contributed by atoms with Crippen LogP contribution < -0.4 is 0 Å². The Balaban J connectivity index is 1.20. The van der Waals surface area contributed by atoms with Crippen LogP contribution in [0.15, 0.2) is 188 Å². The molecule has 0 saturated heterocycles. The number of nitrogens with zero attached hydrogens (tertiary/aromatic N) is 3. The molecule has 0 unspecified atom stereocenters. The van der Waals surface area contributed by atoms with Crippen molar-refractivity contribution in [3.05, 3.63) is 199 Å². The fourth-order valence-electron chi connectivity index (χ4n) is 7.63.